The van der Waals surface area contributed by atoms with Crippen molar-refractivity contribution in [2.45, 2.75) is 40.2 Å². The first-order valence-electron chi connectivity index (χ1n) is 11.0. The monoisotopic (exact) mass is 644 g/mol. The van der Waals surface area contributed by atoms with E-state index in [1.807, 2.05) is 68.5 Å². The Kier molecular flexibility index (Phi) is 8.50. The van der Waals surface area contributed by atoms with Crippen LogP contribution in [0.5, 0.6) is 11.5 Å². The SMILES string of the molecule is CC(C)=CCC(Sc1ccc(Br)cc1)C1=CC(=O)c2c(O)c(Sc3ccc(Br)cc3)cc(O)c2C1=O. The molecule has 4 nitrogen and oxygen atoms in total. The van der Waals surface area contributed by atoms with Crippen molar-refractivity contribution < 1.29 is 19.8 Å². The molecule has 1 aliphatic carbocycles. The number of halogens is 2. The molecule has 3 aromatic rings. The number of carbonyl (C=O) groups excluding carboxylic acids is 2. The number of Topliss-reactive ketones (excluding diaryl/α,β-unsaturated/α-hetero) is 1. The Morgan fingerprint density at radius 3 is 2.08 bits per heavy atom. The van der Waals surface area contributed by atoms with Gasteiger partial charge in [-0.25, -0.2) is 0 Å². The van der Waals surface area contributed by atoms with Gasteiger partial charge in [0.15, 0.2) is 11.6 Å². The van der Waals surface area contributed by atoms with Crippen molar-refractivity contribution in [1.29, 1.82) is 0 Å². The summed E-state index contributed by atoms with van der Waals surface area (Å²) in [5.74, 6) is -1.56. The number of hydrogen-bond donors (Lipinski definition) is 2. The van der Waals surface area contributed by atoms with Crippen molar-refractivity contribution in [3.05, 3.63) is 98.0 Å². The van der Waals surface area contributed by atoms with Gasteiger partial charge in [0.1, 0.15) is 11.5 Å². The molecule has 0 radical (unpaired) electrons. The standard InChI is InChI=1S/C28H22Br2O4S2/c1-15(2)3-12-23(35-18-8-4-16(29)5-9-18)20-13-21(31)26-25(27(20)33)22(32)14-24(28(26)34)36-19-10-6-17(30)7-11-19/h3-11,13-14,23,32,34H,12H2,1-2H3. The predicted octanol–water partition coefficient (Wildman–Crippen LogP) is 8.60. The summed E-state index contributed by atoms with van der Waals surface area (Å²) >= 11 is 9.51. The fourth-order valence-electron chi connectivity index (χ4n) is 3.73. The minimum atomic E-state index is -0.496. The number of aromatic hydroxyl groups is 2. The molecule has 1 unspecified atom stereocenters. The van der Waals surface area contributed by atoms with Crippen molar-refractivity contribution in [3.8, 4) is 11.5 Å². The van der Waals surface area contributed by atoms with Gasteiger partial charge in [0.05, 0.1) is 16.0 Å². The highest BCUT2D eigenvalue weighted by Gasteiger charge is 2.36. The Bertz CT molecular complexity index is 1390. The van der Waals surface area contributed by atoms with E-state index in [9.17, 15) is 19.8 Å². The molecule has 8 heteroatoms. The van der Waals surface area contributed by atoms with E-state index in [2.05, 4.69) is 31.9 Å². The van der Waals surface area contributed by atoms with E-state index in [1.165, 1.54) is 35.7 Å². The molecular formula is C28H22Br2O4S2. The fraction of sp³-hybridized carbons (Fsp3) is 0.143. The van der Waals surface area contributed by atoms with E-state index in [4.69, 9.17) is 0 Å². The number of ketones is 2. The van der Waals surface area contributed by atoms with Gasteiger partial charge < -0.3 is 10.2 Å². The summed E-state index contributed by atoms with van der Waals surface area (Å²) in [5.41, 5.74) is 1.11. The lowest BCUT2D eigenvalue weighted by atomic mass is 9.86. The molecule has 0 aliphatic heterocycles. The molecule has 1 aliphatic rings. The first-order valence-corrected chi connectivity index (χ1v) is 14.3. The van der Waals surface area contributed by atoms with Crippen molar-refractivity contribution >= 4 is 67.0 Å². The molecular weight excluding hydrogens is 624 g/mol. The molecule has 3 aromatic carbocycles. The second-order valence-corrected chi connectivity index (χ2v) is 12.6. The lowest BCUT2D eigenvalue weighted by molar-refractivity contribution is 0.0977. The number of phenols is 2. The summed E-state index contributed by atoms with van der Waals surface area (Å²) in [6.07, 6.45) is 3.88. The van der Waals surface area contributed by atoms with E-state index in [0.29, 0.717) is 16.9 Å². The number of hydrogen-bond acceptors (Lipinski definition) is 6. The maximum Gasteiger partial charge on any atom is 0.194 e. The lowest BCUT2D eigenvalue weighted by Gasteiger charge is -2.24. The van der Waals surface area contributed by atoms with Crippen LogP contribution in [-0.4, -0.2) is 27.0 Å². The predicted molar refractivity (Wildman–Crippen MR) is 153 cm³/mol. The molecule has 0 fully saturated rings. The van der Waals surface area contributed by atoms with Gasteiger partial charge in [0.2, 0.25) is 0 Å². The Morgan fingerprint density at radius 1 is 0.917 bits per heavy atom. The van der Waals surface area contributed by atoms with Gasteiger partial charge in [-0.15, -0.1) is 11.8 Å². The van der Waals surface area contributed by atoms with Crippen LogP contribution >= 0.6 is 55.4 Å². The van der Waals surface area contributed by atoms with Crippen LogP contribution in [0.15, 0.2) is 102 Å². The minimum absolute atomic E-state index is 0.145. The molecule has 0 saturated carbocycles. The summed E-state index contributed by atoms with van der Waals surface area (Å²) in [7, 11) is 0. The molecule has 1 atom stereocenters. The highest BCUT2D eigenvalue weighted by molar-refractivity contribution is 9.10. The van der Waals surface area contributed by atoms with Crippen molar-refractivity contribution in [2.24, 2.45) is 0 Å². The van der Waals surface area contributed by atoms with Gasteiger partial charge >= 0.3 is 0 Å². The molecule has 0 bridgehead atoms. The van der Waals surface area contributed by atoms with Gasteiger partial charge in [0, 0.05) is 29.6 Å². The van der Waals surface area contributed by atoms with Gasteiger partial charge in [-0.3, -0.25) is 9.59 Å². The van der Waals surface area contributed by atoms with Crippen LogP contribution in [0.1, 0.15) is 41.0 Å². The molecule has 0 spiro atoms. The van der Waals surface area contributed by atoms with Gasteiger partial charge in [0.25, 0.3) is 0 Å². The van der Waals surface area contributed by atoms with Crippen molar-refractivity contribution in [1.82, 2.24) is 0 Å². The summed E-state index contributed by atoms with van der Waals surface area (Å²) < 4.78 is 1.86. The van der Waals surface area contributed by atoms with Crippen LogP contribution in [0.3, 0.4) is 0 Å². The van der Waals surface area contributed by atoms with Crippen LogP contribution in [0.2, 0.25) is 0 Å². The van der Waals surface area contributed by atoms with E-state index in [1.54, 1.807) is 0 Å². The van der Waals surface area contributed by atoms with Crippen LogP contribution in [0.25, 0.3) is 0 Å². The molecule has 184 valence electrons. The zero-order valence-corrected chi connectivity index (χ0v) is 24.2. The normalized spacial score (nSPS) is 13.7. The van der Waals surface area contributed by atoms with Crippen LogP contribution < -0.4 is 0 Å². The highest BCUT2D eigenvalue weighted by Crippen LogP contribution is 2.46. The zero-order chi connectivity index (χ0) is 26.0. The maximum atomic E-state index is 13.6. The van der Waals surface area contributed by atoms with E-state index in [0.717, 1.165) is 24.3 Å². The Morgan fingerprint density at radius 2 is 1.50 bits per heavy atom. The Labute approximate surface area is 235 Å². The number of carbonyl (C=O) groups is 2. The van der Waals surface area contributed by atoms with Crippen LogP contribution in [-0.2, 0) is 0 Å². The second-order valence-electron chi connectivity index (χ2n) is 8.42. The molecule has 36 heavy (non-hydrogen) atoms. The van der Waals surface area contributed by atoms with Crippen LogP contribution in [0.4, 0.5) is 0 Å². The number of thioether (sulfide) groups is 1. The molecule has 2 N–H and O–H groups in total. The van der Waals surface area contributed by atoms with Crippen molar-refractivity contribution in [3.63, 3.8) is 0 Å². The van der Waals surface area contributed by atoms with E-state index < -0.39 is 11.6 Å². The lowest BCUT2D eigenvalue weighted by Crippen LogP contribution is -2.24. The summed E-state index contributed by atoms with van der Waals surface area (Å²) in [6, 6.07) is 16.5. The number of rotatable bonds is 7. The second kappa shape index (κ2) is 11.4. The third-order valence-corrected chi connectivity index (χ3v) is 8.86. The van der Waals surface area contributed by atoms with Crippen LogP contribution in [0, 0.1) is 0 Å². The first kappa shape index (κ1) is 26.8. The number of allylic oxidation sites excluding steroid dienone is 3. The molecule has 4 rings (SSSR count). The number of fused-ring (bicyclic) bond motifs is 1. The number of benzene rings is 3. The fourth-order valence-corrected chi connectivity index (χ4v) is 6.27. The Hall–Kier alpha value is -2.26. The average molecular weight is 646 g/mol. The molecule has 0 heterocycles. The van der Waals surface area contributed by atoms with Gasteiger partial charge in [-0.05, 0) is 80.9 Å². The summed E-state index contributed by atoms with van der Waals surface area (Å²) in [5, 5.41) is 21.5. The van der Waals surface area contributed by atoms with Gasteiger partial charge in [-0.2, -0.15) is 0 Å². The van der Waals surface area contributed by atoms with E-state index >= 15 is 0 Å². The minimum Gasteiger partial charge on any atom is -0.507 e. The van der Waals surface area contributed by atoms with Crippen molar-refractivity contribution in [2.75, 3.05) is 0 Å². The maximum absolute atomic E-state index is 13.6. The first-order chi connectivity index (χ1) is 17.1. The largest absolute Gasteiger partial charge is 0.507 e. The molecule has 0 aromatic heterocycles. The molecule has 0 amide bonds. The highest BCUT2D eigenvalue weighted by atomic mass is 79.9. The Balaban J connectivity index is 1.72. The van der Waals surface area contributed by atoms with Gasteiger partial charge in [-0.1, -0.05) is 55.3 Å². The average Bonchev–Trinajstić information content (AvgIpc) is 2.83. The zero-order valence-electron chi connectivity index (χ0n) is 19.4. The topological polar surface area (TPSA) is 74.6 Å². The number of phenolic OH excluding ortho intramolecular Hbond substituents is 2. The van der Waals surface area contributed by atoms with E-state index in [-0.39, 0.29) is 27.9 Å². The third-order valence-electron chi connectivity index (χ3n) is 5.49. The summed E-state index contributed by atoms with van der Waals surface area (Å²) in [4.78, 5) is 28.9. The quantitative estimate of drug-likeness (QED) is 0.152. The molecule has 0 saturated heterocycles. The third kappa shape index (κ3) is 5.99. The smallest absolute Gasteiger partial charge is 0.194 e. The summed E-state index contributed by atoms with van der Waals surface area (Å²) in [6.45, 7) is 3.96.